The van der Waals surface area contributed by atoms with Gasteiger partial charge in [0, 0.05) is 30.8 Å². The Kier molecular flexibility index (Phi) is 4.46. The van der Waals surface area contributed by atoms with Crippen LogP contribution < -0.4 is 16.4 Å². The van der Waals surface area contributed by atoms with Crippen molar-refractivity contribution in [2.45, 2.75) is 19.4 Å². The van der Waals surface area contributed by atoms with Crippen LogP contribution in [-0.4, -0.2) is 17.9 Å². The molecule has 1 atom stereocenters. The lowest BCUT2D eigenvalue weighted by molar-refractivity contribution is 0.626. The van der Waals surface area contributed by atoms with Gasteiger partial charge >= 0.3 is 0 Å². The van der Waals surface area contributed by atoms with Crippen molar-refractivity contribution >= 4 is 17.7 Å². The van der Waals surface area contributed by atoms with E-state index in [1.165, 1.54) is 12.4 Å². The molecule has 0 spiro atoms. The Balaban J connectivity index is 1.95. The molecule has 1 aromatic carbocycles. The molecule has 6 heteroatoms. The number of halogens is 1. The molecule has 0 amide bonds. The summed E-state index contributed by atoms with van der Waals surface area (Å²) in [6.07, 6.45) is 7.67. The lowest BCUT2D eigenvalue weighted by Crippen LogP contribution is -2.11. The molecule has 2 aromatic rings. The molecule has 0 fully saturated rings. The average Bonchev–Trinajstić information content (AvgIpc) is 3.07. The van der Waals surface area contributed by atoms with Crippen molar-refractivity contribution in [3.05, 3.63) is 65.4 Å². The average molecular weight is 325 g/mol. The molecule has 0 saturated heterocycles. The van der Waals surface area contributed by atoms with Crippen molar-refractivity contribution < 1.29 is 4.39 Å². The molecular formula is C18H20FN5. The van der Waals surface area contributed by atoms with Gasteiger partial charge in [-0.1, -0.05) is 6.07 Å². The third-order valence-corrected chi connectivity index (χ3v) is 4.22. The third kappa shape index (κ3) is 3.08. The largest absolute Gasteiger partial charge is 0.396 e. The molecule has 3 rings (SSSR count). The molecule has 24 heavy (non-hydrogen) atoms. The Morgan fingerprint density at radius 1 is 1.33 bits per heavy atom. The third-order valence-electron chi connectivity index (χ3n) is 4.22. The highest BCUT2D eigenvalue weighted by atomic mass is 19.1. The smallest absolute Gasteiger partial charge is 0.146 e. The van der Waals surface area contributed by atoms with E-state index in [9.17, 15) is 4.39 Å². The lowest BCUT2D eigenvalue weighted by atomic mass is 9.96. The number of nitrogens with two attached hydrogens (primary N) is 2. The highest BCUT2D eigenvalue weighted by molar-refractivity contribution is 5.57. The minimum Gasteiger partial charge on any atom is -0.396 e. The second-order valence-corrected chi connectivity index (χ2v) is 5.79. The first-order valence-corrected chi connectivity index (χ1v) is 7.76. The zero-order valence-electron chi connectivity index (χ0n) is 13.5. The Morgan fingerprint density at radius 3 is 2.75 bits per heavy atom. The molecule has 0 bridgehead atoms. The molecule has 2 heterocycles. The van der Waals surface area contributed by atoms with Gasteiger partial charge in [-0.25, -0.2) is 4.39 Å². The minimum absolute atomic E-state index is 0.174. The first kappa shape index (κ1) is 16.0. The molecule has 4 N–H and O–H groups in total. The molecule has 0 aliphatic carbocycles. The standard InChI is InChI=1S/C18H20FN5/c1-12-8-14(9-16(19)17(12)21)18(23-11-20)13-4-7-24(10-13)15-2-5-22-6-3-15/h2-3,5-6,8-11,18H,4,7,21H2,1H3,(H2,20,23). The van der Waals surface area contributed by atoms with Crippen molar-refractivity contribution in [3.63, 3.8) is 0 Å². The maximum atomic E-state index is 14.0. The van der Waals surface area contributed by atoms with Gasteiger partial charge in [0.25, 0.3) is 0 Å². The SMILES string of the molecule is Cc1cc(C(N=CN)C2=CN(c3ccncc3)CC2)cc(F)c1N. The van der Waals surface area contributed by atoms with Crippen LogP contribution in [0.4, 0.5) is 15.8 Å². The van der Waals surface area contributed by atoms with Gasteiger partial charge in [0.1, 0.15) is 5.82 Å². The second-order valence-electron chi connectivity index (χ2n) is 5.79. The van der Waals surface area contributed by atoms with Crippen molar-refractivity contribution in [3.8, 4) is 0 Å². The minimum atomic E-state index is -0.424. The predicted molar refractivity (Wildman–Crippen MR) is 95.3 cm³/mol. The summed E-state index contributed by atoms with van der Waals surface area (Å²) in [6.45, 7) is 2.63. The molecule has 0 radical (unpaired) electrons. The molecule has 5 nitrogen and oxygen atoms in total. The molecule has 1 aliphatic rings. The van der Waals surface area contributed by atoms with E-state index in [4.69, 9.17) is 11.5 Å². The van der Waals surface area contributed by atoms with E-state index >= 15 is 0 Å². The van der Waals surface area contributed by atoms with Crippen molar-refractivity contribution in [1.29, 1.82) is 0 Å². The number of aliphatic imine (C=N–C) groups is 1. The molecule has 0 saturated carbocycles. The number of rotatable bonds is 4. The fourth-order valence-corrected chi connectivity index (χ4v) is 2.95. The maximum Gasteiger partial charge on any atom is 0.146 e. The summed E-state index contributed by atoms with van der Waals surface area (Å²) in [6, 6.07) is 6.90. The van der Waals surface area contributed by atoms with Gasteiger partial charge in [-0.15, -0.1) is 0 Å². The van der Waals surface area contributed by atoms with E-state index < -0.39 is 5.82 Å². The van der Waals surface area contributed by atoms with Crippen LogP contribution in [0.15, 0.2) is 53.4 Å². The summed E-state index contributed by atoms with van der Waals surface area (Å²) in [7, 11) is 0. The van der Waals surface area contributed by atoms with Crippen LogP contribution in [-0.2, 0) is 0 Å². The van der Waals surface area contributed by atoms with Gasteiger partial charge in [-0.2, -0.15) is 0 Å². The molecule has 124 valence electrons. The Bertz CT molecular complexity index is 762. The Hall–Kier alpha value is -2.89. The fourth-order valence-electron chi connectivity index (χ4n) is 2.95. The highest BCUT2D eigenvalue weighted by Gasteiger charge is 2.23. The van der Waals surface area contributed by atoms with E-state index in [1.807, 2.05) is 18.2 Å². The van der Waals surface area contributed by atoms with Crippen LogP contribution in [0.25, 0.3) is 0 Å². The second kappa shape index (κ2) is 6.70. The first-order chi connectivity index (χ1) is 11.6. The van der Waals surface area contributed by atoms with Crippen LogP contribution in [0.3, 0.4) is 0 Å². The fraction of sp³-hybridized carbons (Fsp3) is 0.222. The number of pyridine rings is 1. The summed E-state index contributed by atoms with van der Waals surface area (Å²) >= 11 is 0. The molecule has 1 aromatic heterocycles. The number of nitrogens with zero attached hydrogens (tertiary/aromatic N) is 3. The zero-order chi connectivity index (χ0) is 17.1. The molecular weight excluding hydrogens is 305 g/mol. The maximum absolute atomic E-state index is 14.0. The van der Waals surface area contributed by atoms with Gasteiger partial charge in [0.2, 0.25) is 0 Å². The molecule has 1 aliphatic heterocycles. The van der Waals surface area contributed by atoms with E-state index in [2.05, 4.69) is 21.1 Å². The Labute approximate surface area is 140 Å². The van der Waals surface area contributed by atoms with Crippen LogP contribution in [0.1, 0.15) is 23.6 Å². The zero-order valence-corrected chi connectivity index (χ0v) is 13.5. The Morgan fingerprint density at radius 2 is 2.08 bits per heavy atom. The van der Waals surface area contributed by atoms with Crippen LogP contribution in [0.2, 0.25) is 0 Å². The number of benzene rings is 1. The lowest BCUT2D eigenvalue weighted by Gasteiger charge is -2.16. The van der Waals surface area contributed by atoms with Crippen LogP contribution in [0.5, 0.6) is 0 Å². The van der Waals surface area contributed by atoms with E-state index in [0.29, 0.717) is 5.56 Å². The predicted octanol–water partition coefficient (Wildman–Crippen LogP) is 2.93. The van der Waals surface area contributed by atoms with Crippen molar-refractivity contribution in [2.75, 3.05) is 17.2 Å². The summed E-state index contributed by atoms with van der Waals surface area (Å²) in [5, 5.41) is 0. The van der Waals surface area contributed by atoms with E-state index in [1.54, 1.807) is 19.3 Å². The number of aromatic nitrogens is 1. The number of hydrogen-bond acceptors (Lipinski definition) is 4. The van der Waals surface area contributed by atoms with Gasteiger partial charge in [0.15, 0.2) is 0 Å². The number of hydrogen-bond donors (Lipinski definition) is 2. The first-order valence-electron chi connectivity index (χ1n) is 7.76. The number of nitrogen functional groups attached to an aromatic ring is 1. The quantitative estimate of drug-likeness (QED) is 0.514. The highest BCUT2D eigenvalue weighted by Crippen LogP contribution is 2.35. The molecule has 1 unspecified atom stereocenters. The monoisotopic (exact) mass is 325 g/mol. The summed E-state index contributed by atoms with van der Waals surface area (Å²) in [5.74, 6) is -0.424. The summed E-state index contributed by atoms with van der Waals surface area (Å²) in [5.41, 5.74) is 15.0. The number of aryl methyl sites for hydroxylation is 1. The van der Waals surface area contributed by atoms with Crippen LogP contribution >= 0.6 is 0 Å². The van der Waals surface area contributed by atoms with Crippen molar-refractivity contribution in [2.24, 2.45) is 10.7 Å². The topological polar surface area (TPSA) is 80.5 Å². The van der Waals surface area contributed by atoms with Gasteiger partial charge in [0.05, 0.1) is 18.1 Å². The van der Waals surface area contributed by atoms with E-state index in [0.717, 1.165) is 29.8 Å². The normalized spacial score (nSPS) is 15.8. The summed E-state index contributed by atoms with van der Waals surface area (Å²) < 4.78 is 14.0. The van der Waals surface area contributed by atoms with Gasteiger partial charge < -0.3 is 16.4 Å². The van der Waals surface area contributed by atoms with Gasteiger partial charge in [-0.05, 0) is 48.2 Å². The van der Waals surface area contributed by atoms with E-state index in [-0.39, 0.29) is 11.7 Å². The van der Waals surface area contributed by atoms with Gasteiger partial charge in [-0.3, -0.25) is 9.98 Å². The van der Waals surface area contributed by atoms with Crippen molar-refractivity contribution in [1.82, 2.24) is 4.98 Å². The van der Waals surface area contributed by atoms with Crippen LogP contribution in [0, 0.1) is 12.7 Å². The summed E-state index contributed by atoms with van der Waals surface area (Å²) in [4.78, 5) is 10.5. The number of anilines is 2.